The number of ether oxygens (including phenoxy) is 1. The van der Waals surface area contributed by atoms with E-state index in [1.165, 1.54) is 11.3 Å². The molecule has 0 atom stereocenters. The smallest absolute Gasteiger partial charge is 0.165 e. The van der Waals surface area contributed by atoms with Crippen molar-refractivity contribution in [2.45, 2.75) is 6.92 Å². The van der Waals surface area contributed by atoms with Gasteiger partial charge in [0.05, 0.1) is 18.5 Å². The first kappa shape index (κ1) is 17.5. The molecule has 0 unspecified atom stereocenters. The van der Waals surface area contributed by atoms with Crippen LogP contribution in [0.4, 0.5) is 5.82 Å². The monoisotopic (exact) mass is 397 g/mol. The van der Waals surface area contributed by atoms with Crippen molar-refractivity contribution in [2.24, 2.45) is 0 Å². The van der Waals surface area contributed by atoms with Crippen molar-refractivity contribution in [3.63, 3.8) is 0 Å². The van der Waals surface area contributed by atoms with Gasteiger partial charge in [0.15, 0.2) is 11.5 Å². The molecule has 4 rings (SSSR count). The van der Waals surface area contributed by atoms with E-state index in [0.29, 0.717) is 21.5 Å². The summed E-state index contributed by atoms with van der Waals surface area (Å²) in [6.07, 6.45) is 0. The number of hydrogen-bond acceptors (Lipinski definition) is 6. The maximum absolute atomic E-state index is 6.32. The molecule has 0 radical (unpaired) electrons. The summed E-state index contributed by atoms with van der Waals surface area (Å²) in [4.78, 5) is 4.67. The Balaban J connectivity index is 1.70. The van der Waals surface area contributed by atoms with Crippen LogP contribution in [0.3, 0.4) is 0 Å². The van der Waals surface area contributed by atoms with Crippen LogP contribution >= 0.6 is 22.9 Å². The minimum absolute atomic E-state index is 0.427. The normalized spacial score (nSPS) is 10.9. The predicted molar refractivity (Wildman–Crippen MR) is 109 cm³/mol. The molecule has 8 heteroatoms. The minimum Gasteiger partial charge on any atom is -0.497 e. The van der Waals surface area contributed by atoms with Gasteiger partial charge < -0.3 is 10.5 Å². The molecule has 0 aliphatic carbocycles. The Bertz CT molecular complexity index is 1100. The molecule has 6 nitrogen and oxygen atoms in total. The Hall–Kier alpha value is -2.90. The van der Waals surface area contributed by atoms with Gasteiger partial charge in [-0.2, -0.15) is 4.68 Å². The molecule has 0 aliphatic heterocycles. The quantitative estimate of drug-likeness (QED) is 0.544. The molecule has 4 aromatic rings. The van der Waals surface area contributed by atoms with Crippen molar-refractivity contribution in [2.75, 3.05) is 12.8 Å². The van der Waals surface area contributed by atoms with Gasteiger partial charge in [-0.15, -0.1) is 16.4 Å². The first-order valence-corrected chi connectivity index (χ1v) is 9.41. The van der Waals surface area contributed by atoms with E-state index in [4.69, 9.17) is 22.1 Å². The van der Waals surface area contributed by atoms with Gasteiger partial charge in [-0.1, -0.05) is 22.9 Å². The maximum atomic E-state index is 6.32. The summed E-state index contributed by atoms with van der Waals surface area (Å²) in [5, 5.41) is 11.8. The second-order valence-electron chi connectivity index (χ2n) is 5.89. The van der Waals surface area contributed by atoms with E-state index >= 15 is 0 Å². The van der Waals surface area contributed by atoms with E-state index in [2.05, 4.69) is 15.3 Å². The molecule has 0 saturated heterocycles. The van der Waals surface area contributed by atoms with Crippen LogP contribution in [0.15, 0.2) is 47.8 Å². The van der Waals surface area contributed by atoms with E-state index in [1.807, 2.05) is 54.8 Å². The van der Waals surface area contributed by atoms with Crippen molar-refractivity contribution in [3.05, 3.63) is 58.4 Å². The Morgan fingerprint density at radius 2 is 1.93 bits per heavy atom. The highest BCUT2D eigenvalue weighted by Gasteiger charge is 2.18. The topological polar surface area (TPSA) is 78.9 Å². The van der Waals surface area contributed by atoms with Crippen LogP contribution in [0.2, 0.25) is 5.02 Å². The number of rotatable bonds is 4. The molecular formula is C19H16ClN5OS. The van der Waals surface area contributed by atoms with Crippen LogP contribution in [0, 0.1) is 6.92 Å². The van der Waals surface area contributed by atoms with Crippen LogP contribution < -0.4 is 10.5 Å². The summed E-state index contributed by atoms with van der Waals surface area (Å²) in [5.74, 6) is 1.23. The lowest BCUT2D eigenvalue weighted by Crippen LogP contribution is -2.04. The van der Waals surface area contributed by atoms with E-state index in [-0.39, 0.29) is 0 Å². The van der Waals surface area contributed by atoms with Crippen LogP contribution in [0.5, 0.6) is 5.75 Å². The Morgan fingerprint density at radius 1 is 1.15 bits per heavy atom. The summed E-state index contributed by atoms with van der Waals surface area (Å²) < 4.78 is 6.78. The Kier molecular flexibility index (Phi) is 4.55. The first-order chi connectivity index (χ1) is 13.1. The van der Waals surface area contributed by atoms with Crippen molar-refractivity contribution >= 4 is 28.8 Å². The fourth-order valence-corrected chi connectivity index (χ4v) is 3.71. The minimum atomic E-state index is 0.427. The number of nitrogen functional groups attached to an aromatic ring is 1. The van der Waals surface area contributed by atoms with Gasteiger partial charge in [-0.3, -0.25) is 0 Å². The van der Waals surface area contributed by atoms with Crippen LogP contribution in [-0.4, -0.2) is 27.1 Å². The van der Waals surface area contributed by atoms with Crippen molar-refractivity contribution in [1.82, 2.24) is 20.0 Å². The second kappa shape index (κ2) is 7.02. The highest BCUT2D eigenvalue weighted by molar-refractivity contribution is 7.13. The van der Waals surface area contributed by atoms with Crippen LogP contribution in [0.1, 0.15) is 5.56 Å². The number of aromatic nitrogens is 4. The lowest BCUT2D eigenvalue weighted by atomic mass is 10.2. The Morgan fingerprint density at radius 3 is 2.67 bits per heavy atom. The van der Waals surface area contributed by atoms with Crippen LogP contribution in [0.25, 0.3) is 27.6 Å². The van der Waals surface area contributed by atoms with Gasteiger partial charge >= 0.3 is 0 Å². The number of methoxy groups -OCH3 is 1. The molecule has 2 aromatic heterocycles. The number of benzene rings is 2. The molecule has 27 heavy (non-hydrogen) atoms. The third kappa shape index (κ3) is 3.15. The molecule has 2 heterocycles. The highest BCUT2D eigenvalue weighted by Crippen LogP contribution is 2.33. The number of nitrogens with two attached hydrogens (primary N) is 1. The number of nitrogens with zero attached hydrogens (tertiary/aromatic N) is 4. The summed E-state index contributed by atoms with van der Waals surface area (Å²) in [6, 6.07) is 13.3. The van der Waals surface area contributed by atoms with Gasteiger partial charge in [-0.25, -0.2) is 4.98 Å². The molecule has 0 bridgehead atoms. The van der Waals surface area contributed by atoms with E-state index in [9.17, 15) is 0 Å². The molecule has 2 aromatic carbocycles. The molecule has 0 amide bonds. The number of anilines is 1. The SMILES string of the molecule is COc1ccc(-c2csc(-c3nnn(-c4cccc(Cl)c4C)c3N)n2)cc1. The average Bonchev–Trinajstić information content (AvgIpc) is 3.31. The van der Waals surface area contributed by atoms with Gasteiger partial charge in [-0.05, 0) is 48.9 Å². The van der Waals surface area contributed by atoms with Crippen LogP contribution in [-0.2, 0) is 0 Å². The molecule has 0 fully saturated rings. The fourth-order valence-electron chi connectivity index (χ4n) is 2.72. The van der Waals surface area contributed by atoms with E-state index in [0.717, 1.165) is 28.3 Å². The second-order valence-corrected chi connectivity index (χ2v) is 7.15. The standard InChI is InChI=1S/C19H16ClN5OS/c1-11-14(20)4-3-5-16(11)25-18(21)17(23-24-25)19-22-15(10-27-19)12-6-8-13(26-2)9-7-12/h3-10H,21H2,1-2H3. The zero-order chi connectivity index (χ0) is 19.0. The fraction of sp³-hybridized carbons (Fsp3) is 0.105. The molecule has 0 spiro atoms. The highest BCUT2D eigenvalue weighted by atomic mass is 35.5. The summed E-state index contributed by atoms with van der Waals surface area (Å²) in [6.45, 7) is 1.92. The Labute approximate surface area is 165 Å². The zero-order valence-electron chi connectivity index (χ0n) is 14.7. The summed E-state index contributed by atoms with van der Waals surface area (Å²) in [7, 11) is 1.64. The van der Waals surface area contributed by atoms with Gasteiger partial charge in [0, 0.05) is 16.0 Å². The first-order valence-electron chi connectivity index (χ1n) is 8.15. The van der Waals surface area contributed by atoms with E-state index in [1.54, 1.807) is 11.8 Å². The third-order valence-electron chi connectivity index (χ3n) is 4.26. The number of hydrogen-bond donors (Lipinski definition) is 1. The zero-order valence-corrected chi connectivity index (χ0v) is 16.3. The lowest BCUT2D eigenvalue weighted by molar-refractivity contribution is 0.415. The van der Waals surface area contributed by atoms with Gasteiger partial charge in [0.25, 0.3) is 0 Å². The van der Waals surface area contributed by atoms with Gasteiger partial charge in [0.2, 0.25) is 0 Å². The average molecular weight is 398 g/mol. The predicted octanol–water partition coefficient (Wildman–Crippen LogP) is 4.61. The third-order valence-corrected chi connectivity index (χ3v) is 5.52. The summed E-state index contributed by atoms with van der Waals surface area (Å²) in [5.41, 5.74) is 10.4. The number of halogens is 1. The maximum Gasteiger partial charge on any atom is 0.165 e. The van der Waals surface area contributed by atoms with Crippen molar-refractivity contribution < 1.29 is 4.74 Å². The molecule has 136 valence electrons. The van der Waals surface area contributed by atoms with E-state index < -0.39 is 0 Å². The number of thiazole rings is 1. The molecular weight excluding hydrogens is 382 g/mol. The van der Waals surface area contributed by atoms with Crippen molar-refractivity contribution in [1.29, 1.82) is 0 Å². The van der Waals surface area contributed by atoms with Gasteiger partial charge in [0.1, 0.15) is 10.8 Å². The molecule has 0 saturated carbocycles. The van der Waals surface area contributed by atoms with Crippen molar-refractivity contribution in [3.8, 4) is 33.4 Å². The largest absolute Gasteiger partial charge is 0.497 e. The molecule has 0 aliphatic rings. The summed E-state index contributed by atoms with van der Waals surface area (Å²) >= 11 is 7.68. The molecule has 2 N–H and O–H groups in total. The lowest BCUT2D eigenvalue weighted by Gasteiger charge is -2.07.